The van der Waals surface area contributed by atoms with Crippen LogP contribution >= 0.6 is 11.8 Å². The lowest BCUT2D eigenvalue weighted by Crippen LogP contribution is -2.43. The topological polar surface area (TPSA) is 110 Å². The SMILES string of the molecule is CS(=O)c1ccc(C(SCC(NC(=O)OCC2c3ccccc3-c3ccccc32)C(=O)O)c2ccc(S(C)=O)cc2)cc1. The molecule has 7 nitrogen and oxygen atoms in total. The van der Waals surface area contributed by atoms with Crippen LogP contribution < -0.4 is 5.32 Å². The smallest absolute Gasteiger partial charge is 0.407 e. The highest BCUT2D eigenvalue weighted by atomic mass is 32.2. The van der Waals surface area contributed by atoms with Gasteiger partial charge in [0.25, 0.3) is 0 Å². The van der Waals surface area contributed by atoms with E-state index in [-0.39, 0.29) is 23.5 Å². The van der Waals surface area contributed by atoms with Crippen molar-refractivity contribution in [2.75, 3.05) is 24.9 Å². The number of ether oxygens (including phenoxy) is 1. The van der Waals surface area contributed by atoms with Gasteiger partial charge < -0.3 is 15.2 Å². The number of carboxylic acid groups (broad SMARTS) is 1. The Bertz CT molecular complexity index is 1570. The van der Waals surface area contributed by atoms with Gasteiger partial charge in [-0.15, -0.1) is 11.8 Å². The fourth-order valence-corrected chi connectivity index (χ4v) is 7.55. The van der Waals surface area contributed by atoms with Crippen LogP contribution in [0.15, 0.2) is 107 Å². The average Bonchev–Trinajstić information content (AvgIpc) is 3.33. The summed E-state index contributed by atoms with van der Waals surface area (Å²) in [5, 5.41) is 12.2. The van der Waals surface area contributed by atoms with Gasteiger partial charge in [0.1, 0.15) is 12.6 Å². The van der Waals surface area contributed by atoms with Crippen molar-refractivity contribution in [2.45, 2.75) is 27.0 Å². The fraction of sp³-hybridized carbons (Fsp3) is 0.212. The van der Waals surface area contributed by atoms with Crippen molar-refractivity contribution in [2.24, 2.45) is 0 Å². The Kier molecular flexibility index (Phi) is 9.79. The molecule has 0 bridgehead atoms. The third kappa shape index (κ3) is 7.09. The summed E-state index contributed by atoms with van der Waals surface area (Å²) in [6.07, 6.45) is 2.42. The van der Waals surface area contributed by atoms with Crippen LogP contribution in [0, 0.1) is 0 Å². The Morgan fingerprint density at radius 3 is 1.70 bits per heavy atom. The third-order valence-corrected chi connectivity index (χ3v) is 10.7. The Labute approximate surface area is 260 Å². The van der Waals surface area contributed by atoms with Crippen LogP contribution in [-0.4, -0.2) is 56.5 Å². The summed E-state index contributed by atoms with van der Waals surface area (Å²) in [6, 6.07) is 29.4. The Morgan fingerprint density at radius 2 is 1.26 bits per heavy atom. The molecule has 0 saturated heterocycles. The molecule has 3 unspecified atom stereocenters. The fourth-order valence-electron chi connectivity index (χ4n) is 5.20. The minimum atomic E-state index is -1.20. The van der Waals surface area contributed by atoms with Gasteiger partial charge in [0.2, 0.25) is 0 Å². The molecule has 222 valence electrons. The number of carbonyl (C=O) groups is 2. The number of alkyl carbamates (subject to hydrolysis) is 1. The van der Waals surface area contributed by atoms with Crippen molar-refractivity contribution >= 4 is 45.4 Å². The molecule has 0 fully saturated rings. The van der Waals surface area contributed by atoms with Crippen molar-refractivity contribution in [1.29, 1.82) is 0 Å². The quantitative estimate of drug-likeness (QED) is 0.209. The summed E-state index contributed by atoms with van der Waals surface area (Å²) >= 11 is 1.36. The number of amides is 1. The maximum Gasteiger partial charge on any atom is 0.407 e. The van der Waals surface area contributed by atoms with Crippen molar-refractivity contribution in [3.8, 4) is 11.1 Å². The first kappa shape index (κ1) is 30.7. The Balaban J connectivity index is 1.28. The van der Waals surface area contributed by atoms with Gasteiger partial charge in [0.15, 0.2) is 0 Å². The summed E-state index contributed by atoms with van der Waals surface area (Å²) in [7, 11) is -2.27. The minimum Gasteiger partial charge on any atom is -0.480 e. The zero-order chi connectivity index (χ0) is 30.5. The highest BCUT2D eigenvalue weighted by Crippen LogP contribution is 2.44. The number of hydrogen-bond acceptors (Lipinski definition) is 6. The van der Waals surface area contributed by atoms with Crippen LogP contribution in [-0.2, 0) is 31.1 Å². The van der Waals surface area contributed by atoms with E-state index in [2.05, 4.69) is 5.32 Å². The van der Waals surface area contributed by atoms with Gasteiger partial charge in [-0.3, -0.25) is 8.42 Å². The van der Waals surface area contributed by atoms with Crippen LogP contribution in [0.3, 0.4) is 0 Å². The van der Waals surface area contributed by atoms with E-state index in [1.165, 1.54) is 11.8 Å². The Morgan fingerprint density at radius 1 is 0.791 bits per heavy atom. The number of nitrogens with one attached hydrogen (secondary N) is 1. The summed E-state index contributed by atoms with van der Waals surface area (Å²) in [5.41, 5.74) is 6.12. The third-order valence-electron chi connectivity index (χ3n) is 7.39. The lowest BCUT2D eigenvalue weighted by Gasteiger charge is -2.22. The lowest BCUT2D eigenvalue weighted by atomic mass is 9.98. The van der Waals surface area contributed by atoms with Crippen LogP contribution in [0.2, 0.25) is 0 Å². The van der Waals surface area contributed by atoms with E-state index in [0.29, 0.717) is 9.79 Å². The van der Waals surface area contributed by atoms with Gasteiger partial charge >= 0.3 is 12.1 Å². The van der Waals surface area contributed by atoms with Gasteiger partial charge in [-0.25, -0.2) is 9.59 Å². The molecule has 4 aromatic rings. The van der Waals surface area contributed by atoms with E-state index < -0.39 is 39.7 Å². The number of fused-ring (bicyclic) bond motifs is 3. The standard InChI is InChI=1S/C33H31NO6S3/c1-42(38)23-15-11-21(12-16-23)31(22-13-17-24(18-14-22)43(2)39)41-20-30(32(35)36)34-33(37)40-19-29-27-9-5-3-7-25(27)26-8-4-6-10-28(26)29/h3-18,29-31H,19-20H2,1-2H3,(H,34,37)(H,35,36). The molecule has 0 radical (unpaired) electrons. The maximum atomic E-state index is 12.9. The largest absolute Gasteiger partial charge is 0.480 e. The van der Waals surface area contributed by atoms with E-state index >= 15 is 0 Å². The second-order valence-corrected chi connectivity index (χ2v) is 14.0. The minimum absolute atomic E-state index is 0.0626. The number of aliphatic carboxylic acids is 1. The summed E-state index contributed by atoms with van der Waals surface area (Å²) in [4.78, 5) is 26.4. The first-order valence-corrected chi connectivity index (χ1v) is 17.7. The number of hydrogen-bond donors (Lipinski definition) is 2. The van der Waals surface area contributed by atoms with E-state index in [0.717, 1.165) is 33.4 Å². The molecule has 5 rings (SSSR count). The number of rotatable bonds is 11. The van der Waals surface area contributed by atoms with Gasteiger partial charge in [-0.05, 0) is 57.6 Å². The summed E-state index contributed by atoms with van der Waals surface area (Å²) in [6.45, 7) is 0.0816. The van der Waals surface area contributed by atoms with Gasteiger partial charge in [0.05, 0.1) is 5.25 Å². The molecule has 0 heterocycles. The van der Waals surface area contributed by atoms with E-state index in [9.17, 15) is 23.1 Å². The molecule has 3 atom stereocenters. The lowest BCUT2D eigenvalue weighted by molar-refractivity contribution is -0.138. The van der Waals surface area contributed by atoms with Gasteiger partial charge in [-0.2, -0.15) is 0 Å². The molecule has 0 aliphatic heterocycles. The molecule has 1 amide bonds. The predicted octanol–water partition coefficient (Wildman–Crippen LogP) is 5.98. The zero-order valence-electron chi connectivity index (χ0n) is 23.6. The van der Waals surface area contributed by atoms with Crippen LogP contribution in [0.5, 0.6) is 0 Å². The maximum absolute atomic E-state index is 12.9. The van der Waals surface area contributed by atoms with Crippen molar-refractivity contribution < 1.29 is 27.9 Å². The van der Waals surface area contributed by atoms with Gasteiger partial charge in [0, 0.05) is 55.6 Å². The summed E-state index contributed by atoms with van der Waals surface area (Å²) < 4.78 is 29.4. The molecule has 1 aliphatic rings. The van der Waals surface area contributed by atoms with E-state index in [4.69, 9.17) is 4.74 Å². The van der Waals surface area contributed by atoms with Crippen molar-refractivity contribution in [3.63, 3.8) is 0 Å². The molecular formula is C33H31NO6S3. The number of thioether (sulfide) groups is 1. The van der Waals surface area contributed by atoms with Crippen molar-refractivity contribution in [3.05, 3.63) is 119 Å². The molecule has 10 heteroatoms. The first-order valence-electron chi connectivity index (χ1n) is 13.6. The second-order valence-electron chi connectivity index (χ2n) is 10.1. The molecule has 4 aromatic carbocycles. The molecule has 1 aliphatic carbocycles. The van der Waals surface area contributed by atoms with Crippen molar-refractivity contribution in [1.82, 2.24) is 5.32 Å². The molecule has 0 saturated carbocycles. The van der Waals surface area contributed by atoms with Crippen LogP contribution in [0.25, 0.3) is 11.1 Å². The first-order chi connectivity index (χ1) is 20.7. The molecular weight excluding hydrogens is 603 g/mol. The highest BCUT2D eigenvalue weighted by molar-refractivity contribution is 7.99. The second kappa shape index (κ2) is 13.7. The van der Waals surface area contributed by atoms with E-state index in [1.54, 1.807) is 36.8 Å². The number of benzene rings is 4. The Hall–Kier alpha value is -3.73. The van der Waals surface area contributed by atoms with Gasteiger partial charge in [-0.1, -0.05) is 72.8 Å². The average molecular weight is 634 g/mol. The van der Waals surface area contributed by atoms with Crippen LogP contribution in [0.1, 0.15) is 33.4 Å². The van der Waals surface area contributed by atoms with Crippen LogP contribution in [0.4, 0.5) is 4.79 Å². The monoisotopic (exact) mass is 633 g/mol. The summed E-state index contributed by atoms with van der Waals surface area (Å²) in [5.74, 6) is -1.25. The predicted molar refractivity (Wildman–Crippen MR) is 171 cm³/mol. The normalized spacial score (nSPS) is 15.0. The van der Waals surface area contributed by atoms with E-state index in [1.807, 2.05) is 72.8 Å². The zero-order valence-corrected chi connectivity index (χ0v) is 26.0. The molecule has 0 spiro atoms. The molecule has 2 N–H and O–H groups in total. The molecule has 43 heavy (non-hydrogen) atoms. The highest BCUT2D eigenvalue weighted by Gasteiger charge is 2.30. The number of carboxylic acids is 1. The molecule has 0 aromatic heterocycles. The number of carbonyl (C=O) groups excluding carboxylic acids is 1.